The van der Waals surface area contributed by atoms with Crippen LogP contribution in [0.3, 0.4) is 0 Å². The molecule has 1 atom stereocenters. The minimum absolute atomic E-state index is 0.231. The summed E-state index contributed by atoms with van der Waals surface area (Å²) in [7, 11) is 0. The molecule has 1 saturated heterocycles. The maximum Gasteiger partial charge on any atom is 0.0983 e. The molecule has 0 spiro atoms. The molecule has 2 fully saturated rings. The molecule has 3 heteroatoms. The van der Waals surface area contributed by atoms with Crippen molar-refractivity contribution in [2.24, 2.45) is 5.73 Å². The monoisotopic (exact) mass is 154 g/mol. The molecular formula is C8H14N2O. The van der Waals surface area contributed by atoms with Crippen molar-refractivity contribution < 1.29 is 5.11 Å². The van der Waals surface area contributed by atoms with Crippen LogP contribution in [0.2, 0.25) is 0 Å². The number of aliphatic hydroxyl groups excluding tert-OH is 1. The highest BCUT2D eigenvalue weighted by atomic mass is 16.2. The topological polar surface area (TPSA) is 49.5 Å². The van der Waals surface area contributed by atoms with E-state index in [4.69, 9.17) is 10.8 Å². The molecule has 1 saturated carbocycles. The van der Waals surface area contributed by atoms with Gasteiger partial charge in [0.2, 0.25) is 0 Å². The van der Waals surface area contributed by atoms with Gasteiger partial charge in [0.15, 0.2) is 0 Å². The Kier molecular flexibility index (Phi) is 1.53. The molecule has 0 amide bonds. The maximum atomic E-state index is 8.87. The maximum absolute atomic E-state index is 8.87. The van der Waals surface area contributed by atoms with Crippen LogP contribution in [0.1, 0.15) is 19.3 Å². The molecule has 3 N–H and O–H groups in total. The van der Waals surface area contributed by atoms with Gasteiger partial charge in [-0.3, -0.25) is 0 Å². The highest BCUT2D eigenvalue weighted by Gasteiger charge is 2.35. The first-order valence-corrected chi connectivity index (χ1v) is 4.16. The van der Waals surface area contributed by atoms with Crippen LogP contribution >= 0.6 is 0 Å². The van der Waals surface area contributed by atoms with E-state index in [1.165, 1.54) is 19.1 Å². The first-order chi connectivity index (χ1) is 5.31. The van der Waals surface area contributed by atoms with Gasteiger partial charge >= 0.3 is 0 Å². The lowest BCUT2D eigenvalue weighted by Gasteiger charge is -2.17. The predicted molar refractivity (Wildman–Crippen MR) is 43.0 cm³/mol. The third-order valence-corrected chi connectivity index (χ3v) is 2.41. The Morgan fingerprint density at radius 3 is 2.82 bits per heavy atom. The van der Waals surface area contributed by atoms with E-state index in [-0.39, 0.29) is 6.04 Å². The van der Waals surface area contributed by atoms with Gasteiger partial charge in [-0.25, -0.2) is 0 Å². The van der Waals surface area contributed by atoms with Gasteiger partial charge in [-0.2, -0.15) is 0 Å². The number of aliphatic hydroxyl groups is 1. The second-order valence-corrected chi connectivity index (χ2v) is 3.47. The molecule has 0 aromatic heterocycles. The molecule has 1 aliphatic heterocycles. The first kappa shape index (κ1) is 6.98. The largest absolute Gasteiger partial charge is 0.514 e. The summed E-state index contributed by atoms with van der Waals surface area (Å²) in [5.74, 6) is 0. The Morgan fingerprint density at radius 2 is 2.27 bits per heavy atom. The lowest BCUT2D eigenvalue weighted by Crippen LogP contribution is -2.27. The summed E-state index contributed by atoms with van der Waals surface area (Å²) in [5.41, 5.74) is 6.79. The molecule has 0 bridgehead atoms. The zero-order chi connectivity index (χ0) is 7.84. The smallest absolute Gasteiger partial charge is 0.0983 e. The summed E-state index contributed by atoms with van der Waals surface area (Å²) >= 11 is 0. The van der Waals surface area contributed by atoms with Gasteiger partial charge in [0.05, 0.1) is 12.0 Å². The van der Waals surface area contributed by atoms with E-state index in [1.54, 1.807) is 0 Å². The molecule has 0 aromatic carbocycles. The van der Waals surface area contributed by atoms with Crippen molar-refractivity contribution >= 4 is 0 Å². The summed E-state index contributed by atoms with van der Waals surface area (Å²) in [5, 5.41) is 8.87. The lowest BCUT2D eigenvalue weighted by atomic mass is 10.2. The quantitative estimate of drug-likeness (QED) is 0.543. The molecule has 2 rings (SSSR count). The van der Waals surface area contributed by atoms with Gasteiger partial charge < -0.3 is 15.7 Å². The summed E-state index contributed by atoms with van der Waals surface area (Å²) in [6.45, 7) is 0.928. The van der Waals surface area contributed by atoms with E-state index in [1.807, 2.05) is 0 Å². The molecule has 1 heterocycles. The number of rotatable bonds is 1. The standard InChI is InChI=1S/C8H14N2O/c9-6-3-8(5-11)10(4-6)7-1-2-7/h5-7,11H,1-4,9H2/b8-5+. The second-order valence-electron chi connectivity index (χ2n) is 3.47. The number of nitrogens with two attached hydrogens (primary N) is 1. The molecule has 11 heavy (non-hydrogen) atoms. The lowest BCUT2D eigenvalue weighted by molar-refractivity contribution is 0.352. The van der Waals surface area contributed by atoms with Crippen LogP contribution in [0.4, 0.5) is 0 Å². The van der Waals surface area contributed by atoms with Crippen molar-refractivity contribution in [1.82, 2.24) is 4.90 Å². The van der Waals surface area contributed by atoms with Crippen LogP contribution < -0.4 is 5.73 Å². The SMILES string of the molecule is NC1C/C(=C\O)N(C2CC2)C1. The molecule has 0 aromatic rings. The third-order valence-electron chi connectivity index (χ3n) is 2.41. The average Bonchev–Trinajstić information content (AvgIpc) is 2.75. The fourth-order valence-electron chi connectivity index (χ4n) is 1.72. The van der Waals surface area contributed by atoms with Crippen LogP contribution in [-0.4, -0.2) is 28.6 Å². The van der Waals surface area contributed by atoms with Crippen LogP contribution in [0.25, 0.3) is 0 Å². The first-order valence-electron chi connectivity index (χ1n) is 4.16. The number of hydrogen-bond acceptors (Lipinski definition) is 3. The summed E-state index contributed by atoms with van der Waals surface area (Å²) < 4.78 is 0. The molecule has 1 unspecified atom stereocenters. The summed E-state index contributed by atoms with van der Waals surface area (Å²) in [4.78, 5) is 2.24. The number of hydrogen-bond donors (Lipinski definition) is 2. The van der Waals surface area contributed by atoms with E-state index in [0.29, 0.717) is 6.04 Å². The Labute approximate surface area is 66.5 Å². The van der Waals surface area contributed by atoms with E-state index < -0.39 is 0 Å². The van der Waals surface area contributed by atoms with E-state index >= 15 is 0 Å². The van der Waals surface area contributed by atoms with Crippen molar-refractivity contribution in [3.8, 4) is 0 Å². The van der Waals surface area contributed by atoms with E-state index in [0.717, 1.165) is 18.7 Å². The predicted octanol–water partition coefficient (Wildman–Crippen LogP) is 0.581. The Hall–Kier alpha value is -0.700. The second kappa shape index (κ2) is 2.41. The fourth-order valence-corrected chi connectivity index (χ4v) is 1.72. The molecular weight excluding hydrogens is 140 g/mol. The van der Waals surface area contributed by atoms with Crippen LogP contribution in [-0.2, 0) is 0 Å². The minimum atomic E-state index is 0.231. The van der Waals surface area contributed by atoms with Crippen molar-refractivity contribution in [1.29, 1.82) is 0 Å². The van der Waals surface area contributed by atoms with Crippen molar-refractivity contribution in [3.05, 3.63) is 12.0 Å². The van der Waals surface area contributed by atoms with E-state index in [2.05, 4.69) is 4.90 Å². The highest BCUT2D eigenvalue weighted by Crippen LogP contribution is 2.34. The van der Waals surface area contributed by atoms with Gasteiger partial charge in [-0.1, -0.05) is 0 Å². The normalized spacial score (nSPS) is 35.2. The molecule has 3 nitrogen and oxygen atoms in total. The summed E-state index contributed by atoms with van der Waals surface area (Å²) in [6, 6.07) is 0.913. The van der Waals surface area contributed by atoms with Gasteiger partial charge in [0.1, 0.15) is 0 Å². The Morgan fingerprint density at radius 1 is 1.55 bits per heavy atom. The van der Waals surface area contributed by atoms with Crippen LogP contribution in [0.5, 0.6) is 0 Å². The third kappa shape index (κ3) is 1.20. The average molecular weight is 154 g/mol. The van der Waals surface area contributed by atoms with Crippen molar-refractivity contribution in [3.63, 3.8) is 0 Å². The van der Waals surface area contributed by atoms with Gasteiger partial charge in [0.25, 0.3) is 0 Å². The van der Waals surface area contributed by atoms with E-state index in [9.17, 15) is 0 Å². The van der Waals surface area contributed by atoms with Gasteiger partial charge in [0, 0.05) is 25.0 Å². The highest BCUT2D eigenvalue weighted by molar-refractivity contribution is 5.11. The zero-order valence-electron chi connectivity index (χ0n) is 6.53. The molecule has 2 aliphatic rings. The van der Waals surface area contributed by atoms with Crippen LogP contribution in [0.15, 0.2) is 12.0 Å². The van der Waals surface area contributed by atoms with Crippen molar-refractivity contribution in [2.45, 2.75) is 31.3 Å². The zero-order valence-corrected chi connectivity index (χ0v) is 6.53. The molecule has 1 aliphatic carbocycles. The van der Waals surface area contributed by atoms with Gasteiger partial charge in [-0.05, 0) is 12.8 Å². The molecule has 62 valence electrons. The fraction of sp³-hybridized carbons (Fsp3) is 0.750. The molecule has 0 radical (unpaired) electrons. The number of nitrogens with zero attached hydrogens (tertiary/aromatic N) is 1. The van der Waals surface area contributed by atoms with Crippen molar-refractivity contribution in [2.75, 3.05) is 6.54 Å². The minimum Gasteiger partial charge on any atom is -0.514 e. The van der Waals surface area contributed by atoms with Gasteiger partial charge in [-0.15, -0.1) is 0 Å². The number of likely N-dealkylation sites (tertiary alicyclic amines) is 1. The Bertz CT molecular complexity index is 187. The summed E-state index contributed by atoms with van der Waals surface area (Å²) in [6.07, 6.45) is 4.59. The van der Waals surface area contributed by atoms with Crippen LogP contribution in [0, 0.1) is 0 Å². The Balaban J connectivity index is 2.06.